The van der Waals surface area contributed by atoms with Gasteiger partial charge in [0.05, 0.1) is 24.4 Å². The summed E-state index contributed by atoms with van der Waals surface area (Å²) in [5.74, 6) is 0.964. The fraction of sp³-hybridized carbons (Fsp3) is 0.222. The molecule has 3 N–H and O–H groups in total. The van der Waals surface area contributed by atoms with Crippen molar-refractivity contribution in [1.29, 1.82) is 0 Å². The van der Waals surface area contributed by atoms with Gasteiger partial charge in [-0.25, -0.2) is 18.4 Å². The second kappa shape index (κ2) is 7.77. The van der Waals surface area contributed by atoms with E-state index in [1.165, 1.54) is 0 Å². The van der Waals surface area contributed by atoms with Crippen LogP contribution in [0.15, 0.2) is 42.5 Å². The van der Waals surface area contributed by atoms with Gasteiger partial charge < -0.3 is 15.2 Å². The first-order valence-corrected chi connectivity index (χ1v) is 10.1. The van der Waals surface area contributed by atoms with Gasteiger partial charge in [0.25, 0.3) is 0 Å². The number of ether oxygens (including phenoxy) is 1. The largest absolute Gasteiger partial charge is 0.497 e. The Balaban J connectivity index is 2.11. The predicted octanol–water partition coefficient (Wildman–Crippen LogP) is 2.29. The van der Waals surface area contributed by atoms with Gasteiger partial charge in [0, 0.05) is 18.4 Å². The summed E-state index contributed by atoms with van der Waals surface area (Å²) in [5.41, 5.74) is 2.66. The smallest absolute Gasteiger partial charge is 0.231 e. The van der Waals surface area contributed by atoms with Crippen LogP contribution in [0.4, 0.5) is 17.3 Å². The van der Waals surface area contributed by atoms with Gasteiger partial charge in [-0.05, 0) is 30.2 Å². The molecule has 0 aliphatic carbocycles. The summed E-state index contributed by atoms with van der Waals surface area (Å²) >= 11 is 0. The molecular formula is C18H20N4O4S. The highest BCUT2D eigenvalue weighted by atomic mass is 32.2. The Morgan fingerprint density at radius 3 is 2.33 bits per heavy atom. The molecule has 0 saturated carbocycles. The van der Waals surface area contributed by atoms with E-state index in [9.17, 15) is 13.5 Å². The van der Waals surface area contributed by atoms with Crippen LogP contribution in [0, 0.1) is 0 Å². The number of hydrogen-bond donors (Lipinski definition) is 3. The summed E-state index contributed by atoms with van der Waals surface area (Å²) in [6.45, 7) is -0.0289. The molecule has 27 heavy (non-hydrogen) atoms. The lowest BCUT2D eigenvalue weighted by Crippen LogP contribution is -2.14. The molecule has 0 unspecified atom stereocenters. The third-order valence-electron chi connectivity index (χ3n) is 3.80. The third-order valence-corrected chi connectivity index (χ3v) is 4.37. The molecule has 1 aromatic heterocycles. The SMILES string of the molecule is COc1ccc(CCO)c(Nc2nc3ccccc3nc2NS(C)(=O)=O)c1. The first-order valence-electron chi connectivity index (χ1n) is 8.19. The molecule has 0 bridgehead atoms. The number of aromatic nitrogens is 2. The van der Waals surface area contributed by atoms with Crippen LogP contribution < -0.4 is 14.8 Å². The van der Waals surface area contributed by atoms with Crippen molar-refractivity contribution < 1.29 is 18.3 Å². The van der Waals surface area contributed by atoms with Gasteiger partial charge in [-0.15, -0.1) is 0 Å². The van der Waals surface area contributed by atoms with Crippen molar-refractivity contribution in [2.45, 2.75) is 6.42 Å². The Morgan fingerprint density at radius 2 is 1.74 bits per heavy atom. The number of benzene rings is 2. The van der Waals surface area contributed by atoms with Crippen LogP contribution in [-0.2, 0) is 16.4 Å². The molecule has 1 heterocycles. The lowest BCUT2D eigenvalue weighted by atomic mass is 10.1. The Hall–Kier alpha value is -2.91. The van der Waals surface area contributed by atoms with Crippen molar-refractivity contribution in [3.05, 3.63) is 48.0 Å². The second-order valence-corrected chi connectivity index (χ2v) is 7.65. The van der Waals surface area contributed by atoms with Gasteiger partial charge in [0.2, 0.25) is 10.0 Å². The summed E-state index contributed by atoms with van der Waals surface area (Å²) in [5, 5.41) is 12.4. The van der Waals surface area contributed by atoms with Crippen LogP contribution in [0.2, 0.25) is 0 Å². The Labute approximate surface area is 157 Å². The Bertz CT molecular complexity index is 1070. The Morgan fingerprint density at radius 1 is 1.07 bits per heavy atom. The van der Waals surface area contributed by atoms with Crippen molar-refractivity contribution in [1.82, 2.24) is 9.97 Å². The fourth-order valence-corrected chi connectivity index (χ4v) is 3.09. The summed E-state index contributed by atoms with van der Waals surface area (Å²) in [7, 11) is -2.00. The summed E-state index contributed by atoms with van der Waals surface area (Å²) < 4.78 is 31.2. The van der Waals surface area contributed by atoms with Crippen LogP contribution in [0.25, 0.3) is 11.0 Å². The number of nitrogens with zero attached hydrogens (tertiary/aromatic N) is 2. The van der Waals surface area contributed by atoms with E-state index in [0.717, 1.165) is 11.8 Å². The number of nitrogens with one attached hydrogen (secondary N) is 2. The summed E-state index contributed by atoms with van der Waals surface area (Å²) in [4.78, 5) is 8.89. The average Bonchev–Trinajstić information content (AvgIpc) is 2.62. The first-order chi connectivity index (χ1) is 12.9. The highest BCUT2D eigenvalue weighted by Crippen LogP contribution is 2.30. The lowest BCUT2D eigenvalue weighted by Gasteiger charge is -2.16. The van der Waals surface area contributed by atoms with Crippen LogP contribution in [0.1, 0.15) is 5.56 Å². The van der Waals surface area contributed by atoms with Crippen molar-refractivity contribution in [2.75, 3.05) is 30.0 Å². The quantitative estimate of drug-likeness (QED) is 0.569. The molecule has 142 valence electrons. The standard InChI is InChI=1S/C18H20N4O4S/c1-26-13-8-7-12(9-10-23)16(11-13)21-17-18(22-27(2,24)25)20-15-6-4-3-5-14(15)19-17/h3-8,11,23H,9-10H2,1-2H3,(H,19,21)(H,20,22). The molecule has 0 atom stereocenters. The number of anilines is 3. The maximum Gasteiger partial charge on any atom is 0.231 e. The number of para-hydroxylation sites is 2. The maximum atomic E-state index is 11.8. The molecule has 9 heteroatoms. The minimum Gasteiger partial charge on any atom is -0.497 e. The van der Waals surface area contributed by atoms with E-state index in [2.05, 4.69) is 20.0 Å². The van der Waals surface area contributed by atoms with E-state index in [1.54, 1.807) is 37.4 Å². The highest BCUT2D eigenvalue weighted by molar-refractivity contribution is 7.92. The van der Waals surface area contributed by atoms with Gasteiger partial charge in [-0.2, -0.15) is 0 Å². The van der Waals surface area contributed by atoms with E-state index in [-0.39, 0.29) is 18.2 Å². The van der Waals surface area contributed by atoms with Crippen LogP contribution in [0.3, 0.4) is 0 Å². The van der Waals surface area contributed by atoms with Gasteiger partial charge in [0.1, 0.15) is 5.75 Å². The number of aliphatic hydroxyl groups excluding tert-OH is 1. The molecule has 0 saturated heterocycles. The molecule has 0 amide bonds. The highest BCUT2D eigenvalue weighted by Gasteiger charge is 2.15. The van der Waals surface area contributed by atoms with E-state index in [4.69, 9.17) is 4.74 Å². The van der Waals surface area contributed by atoms with Gasteiger partial charge >= 0.3 is 0 Å². The molecule has 2 aromatic carbocycles. The molecule has 3 rings (SSSR count). The zero-order valence-electron chi connectivity index (χ0n) is 14.9. The van der Waals surface area contributed by atoms with Crippen molar-refractivity contribution >= 4 is 38.4 Å². The van der Waals surface area contributed by atoms with Gasteiger partial charge in [0.15, 0.2) is 11.6 Å². The molecule has 0 aliphatic rings. The molecular weight excluding hydrogens is 368 g/mol. The molecule has 0 aliphatic heterocycles. The van der Waals surface area contributed by atoms with Crippen LogP contribution in [-0.4, -0.2) is 43.5 Å². The normalized spacial score (nSPS) is 11.4. The third kappa shape index (κ3) is 4.63. The molecule has 0 fully saturated rings. The topological polar surface area (TPSA) is 113 Å². The zero-order valence-corrected chi connectivity index (χ0v) is 15.7. The summed E-state index contributed by atoms with van der Waals surface area (Å²) in [6, 6.07) is 12.5. The number of sulfonamides is 1. The number of methoxy groups -OCH3 is 1. The van der Waals surface area contributed by atoms with Crippen LogP contribution >= 0.6 is 0 Å². The van der Waals surface area contributed by atoms with Crippen molar-refractivity contribution in [3.8, 4) is 5.75 Å². The fourth-order valence-electron chi connectivity index (χ4n) is 2.60. The van der Waals surface area contributed by atoms with Crippen molar-refractivity contribution in [3.63, 3.8) is 0 Å². The number of fused-ring (bicyclic) bond motifs is 1. The average molecular weight is 388 g/mol. The molecule has 0 radical (unpaired) electrons. The molecule has 3 aromatic rings. The van der Waals surface area contributed by atoms with E-state index in [1.807, 2.05) is 12.1 Å². The predicted molar refractivity (Wildman–Crippen MR) is 105 cm³/mol. The van der Waals surface area contributed by atoms with Crippen LogP contribution in [0.5, 0.6) is 5.75 Å². The van der Waals surface area contributed by atoms with E-state index in [0.29, 0.717) is 28.9 Å². The lowest BCUT2D eigenvalue weighted by molar-refractivity contribution is 0.299. The minimum atomic E-state index is -3.55. The maximum absolute atomic E-state index is 11.8. The van der Waals surface area contributed by atoms with E-state index >= 15 is 0 Å². The number of hydrogen-bond acceptors (Lipinski definition) is 7. The minimum absolute atomic E-state index is 0.0289. The summed E-state index contributed by atoms with van der Waals surface area (Å²) in [6.07, 6.45) is 1.47. The van der Waals surface area contributed by atoms with Crippen molar-refractivity contribution in [2.24, 2.45) is 0 Å². The Kier molecular flexibility index (Phi) is 5.43. The first kappa shape index (κ1) is 18.9. The van der Waals surface area contributed by atoms with E-state index < -0.39 is 10.0 Å². The monoisotopic (exact) mass is 388 g/mol. The number of rotatable bonds is 7. The second-order valence-electron chi connectivity index (χ2n) is 5.91. The number of aliphatic hydroxyl groups is 1. The van der Waals surface area contributed by atoms with Gasteiger partial charge in [-0.3, -0.25) is 4.72 Å². The van der Waals surface area contributed by atoms with Gasteiger partial charge in [-0.1, -0.05) is 18.2 Å². The zero-order chi connectivity index (χ0) is 19.4. The molecule has 8 nitrogen and oxygen atoms in total. The molecule has 0 spiro atoms.